The van der Waals surface area contributed by atoms with Gasteiger partial charge in [0.15, 0.2) is 0 Å². The minimum atomic E-state index is -0.393. The van der Waals surface area contributed by atoms with Gasteiger partial charge in [0.05, 0.1) is 12.6 Å². The summed E-state index contributed by atoms with van der Waals surface area (Å²) in [7, 11) is 0. The molecule has 0 saturated carbocycles. The lowest BCUT2D eigenvalue weighted by Crippen LogP contribution is -2.20. The number of nitriles is 1. The Morgan fingerprint density at radius 2 is 2.19 bits per heavy atom. The van der Waals surface area contributed by atoms with Gasteiger partial charge in [-0.2, -0.15) is 5.26 Å². The van der Waals surface area contributed by atoms with Crippen LogP contribution in [0.15, 0.2) is 48.5 Å². The molecule has 2 aromatic carbocycles. The maximum atomic E-state index is 13.3. The first-order valence-electron chi connectivity index (χ1n) is 8.91. The van der Waals surface area contributed by atoms with Crippen LogP contribution in [0.2, 0.25) is 0 Å². The number of halogens is 1. The smallest absolute Gasteiger partial charge is 0.272 e. The Kier molecular flexibility index (Phi) is 4.61. The number of carbonyl (C=O) groups excluding carboxylic acids is 1. The molecule has 0 radical (unpaired) electrons. The second-order valence-corrected chi connectivity index (χ2v) is 6.87. The summed E-state index contributed by atoms with van der Waals surface area (Å²) in [4.78, 5) is 17.7. The zero-order chi connectivity index (χ0) is 18.8. The van der Waals surface area contributed by atoms with Gasteiger partial charge in [-0.1, -0.05) is 12.1 Å². The number of aromatic nitrogens is 1. The van der Waals surface area contributed by atoms with E-state index in [0.29, 0.717) is 23.8 Å². The SMILES string of the molecule is N#CCN1CC[C@H](c2ccc3[nH]c(C(=O)Nc4cccc(F)c4)cc3c2)C1. The molecule has 1 aromatic heterocycles. The fourth-order valence-corrected chi connectivity index (χ4v) is 3.64. The number of nitrogens with one attached hydrogen (secondary N) is 2. The molecule has 4 rings (SSSR count). The van der Waals surface area contributed by atoms with Crippen LogP contribution in [0.3, 0.4) is 0 Å². The van der Waals surface area contributed by atoms with Crippen molar-refractivity contribution < 1.29 is 9.18 Å². The number of hydrogen-bond acceptors (Lipinski definition) is 3. The summed E-state index contributed by atoms with van der Waals surface area (Å²) in [6.45, 7) is 2.29. The number of amides is 1. The Balaban J connectivity index is 1.52. The molecule has 0 spiro atoms. The van der Waals surface area contributed by atoms with Gasteiger partial charge in [-0.3, -0.25) is 9.69 Å². The van der Waals surface area contributed by atoms with Crippen LogP contribution in [0.25, 0.3) is 10.9 Å². The molecule has 6 heteroatoms. The van der Waals surface area contributed by atoms with Crippen molar-refractivity contribution in [3.05, 3.63) is 65.6 Å². The van der Waals surface area contributed by atoms with Gasteiger partial charge in [-0.25, -0.2) is 4.39 Å². The molecule has 1 fully saturated rings. The number of fused-ring (bicyclic) bond motifs is 1. The average molecular weight is 362 g/mol. The lowest BCUT2D eigenvalue weighted by Gasteiger charge is -2.12. The molecule has 1 amide bonds. The Morgan fingerprint density at radius 1 is 1.30 bits per heavy atom. The van der Waals surface area contributed by atoms with E-state index in [1.54, 1.807) is 12.1 Å². The molecule has 27 heavy (non-hydrogen) atoms. The summed E-state index contributed by atoms with van der Waals surface area (Å²) in [5.74, 6) is -0.294. The van der Waals surface area contributed by atoms with Crippen LogP contribution in [0, 0.1) is 17.1 Å². The monoisotopic (exact) mass is 362 g/mol. The van der Waals surface area contributed by atoms with Gasteiger partial charge in [0.2, 0.25) is 0 Å². The summed E-state index contributed by atoms with van der Waals surface area (Å²) in [5, 5.41) is 12.5. The van der Waals surface area contributed by atoms with Crippen molar-refractivity contribution >= 4 is 22.5 Å². The number of likely N-dealkylation sites (tertiary alicyclic amines) is 1. The van der Waals surface area contributed by atoms with E-state index in [2.05, 4.69) is 33.4 Å². The number of carbonyl (C=O) groups is 1. The highest BCUT2D eigenvalue weighted by Crippen LogP contribution is 2.29. The Labute approximate surface area is 156 Å². The quantitative estimate of drug-likeness (QED) is 0.692. The number of nitrogens with zero attached hydrogens (tertiary/aromatic N) is 2. The number of aromatic amines is 1. The molecule has 0 unspecified atom stereocenters. The molecular formula is C21H19FN4O. The van der Waals surface area contributed by atoms with E-state index >= 15 is 0 Å². The molecule has 1 atom stereocenters. The van der Waals surface area contributed by atoms with Crippen molar-refractivity contribution in [1.29, 1.82) is 5.26 Å². The zero-order valence-electron chi connectivity index (χ0n) is 14.7. The Bertz CT molecular complexity index is 1040. The Hall–Kier alpha value is -3.17. The van der Waals surface area contributed by atoms with Crippen LogP contribution < -0.4 is 5.32 Å². The lowest BCUT2D eigenvalue weighted by molar-refractivity contribution is 0.102. The predicted molar refractivity (Wildman–Crippen MR) is 102 cm³/mol. The zero-order valence-corrected chi connectivity index (χ0v) is 14.7. The molecule has 0 aliphatic carbocycles. The predicted octanol–water partition coefficient (Wildman–Crippen LogP) is 3.87. The van der Waals surface area contributed by atoms with Crippen molar-refractivity contribution in [3.8, 4) is 6.07 Å². The molecule has 3 aromatic rings. The summed E-state index contributed by atoms with van der Waals surface area (Å²) < 4.78 is 13.3. The lowest BCUT2D eigenvalue weighted by atomic mass is 9.97. The first-order chi connectivity index (χ1) is 13.1. The summed E-state index contributed by atoms with van der Waals surface area (Å²) in [6.07, 6.45) is 1.03. The van der Waals surface area contributed by atoms with E-state index in [-0.39, 0.29) is 5.91 Å². The number of benzene rings is 2. The molecule has 5 nitrogen and oxygen atoms in total. The van der Waals surface area contributed by atoms with Gasteiger partial charge in [0.1, 0.15) is 11.5 Å². The summed E-state index contributed by atoms with van der Waals surface area (Å²) >= 11 is 0. The standard InChI is InChI=1S/C21H19FN4O/c22-17-2-1-3-18(12-17)24-21(27)20-11-16-10-14(4-5-19(16)25-20)15-6-8-26(13-15)9-7-23/h1-5,10-12,15,25H,6,8-9,13H2,(H,24,27)/t15-/m0/s1. The summed E-state index contributed by atoms with van der Waals surface area (Å²) in [5.41, 5.74) is 2.96. The number of anilines is 1. The van der Waals surface area contributed by atoms with E-state index in [4.69, 9.17) is 5.26 Å². The second kappa shape index (κ2) is 7.22. The summed E-state index contributed by atoms with van der Waals surface area (Å²) in [6, 6.07) is 16.0. The van der Waals surface area contributed by atoms with Gasteiger partial charge < -0.3 is 10.3 Å². The molecule has 0 bridgehead atoms. The van der Waals surface area contributed by atoms with Gasteiger partial charge >= 0.3 is 0 Å². The first kappa shape index (κ1) is 17.3. The van der Waals surface area contributed by atoms with E-state index < -0.39 is 5.82 Å². The maximum absolute atomic E-state index is 13.3. The van der Waals surface area contributed by atoms with E-state index in [1.807, 2.05) is 12.1 Å². The van der Waals surface area contributed by atoms with Gasteiger partial charge in [0.25, 0.3) is 5.91 Å². The van der Waals surface area contributed by atoms with Gasteiger partial charge in [0, 0.05) is 23.1 Å². The Morgan fingerprint density at radius 3 is 3.00 bits per heavy atom. The topological polar surface area (TPSA) is 71.9 Å². The van der Waals surface area contributed by atoms with Crippen molar-refractivity contribution in [3.63, 3.8) is 0 Å². The molecule has 2 N–H and O–H groups in total. The molecule has 1 aliphatic heterocycles. The fraction of sp³-hybridized carbons (Fsp3) is 0.238. The third kappa shape index (κ3) is 3.69. The van der Waals surface area contributed by atoms with Crippen molar-refractivity contribution in [2.24, 2.45) is 0 Å². The number of rotatable bonds is 4. The fourth-order valence-electron chi connectivity index (χ4n) is 3.64. The van der Waals surface area contributed by atoms with Crippen molar-refractivity contribution in [1.82, 2.24) is 9.88 Å². The average Bonchev–Trinajstić information content (AvgIpc) is 3.28. The number of H-pyrrole nitrogens is 1. The van der Waals surface area contributed by atoms with Crippen LogP contribution in [0.4, 0.5) is 10.1 Å². The van der Waals surface area contributed by atoms with Crippen molar-refractivity contribution in [2.45, 2.75) is 12.3 Å². The van der Waals surface area contributed by atoms with Gasteiger partial charge in [-0.15, -0.1) is 0 Å². The van der Waals surface area contributed by atoms with E-state index in [9.17, 15) is 9.18 Å². The first-order valence-corrected chi connectivity index (χ1v) is 8.91. The van der Waals surface area contributed by atoms with Gasteiger partial charge in [-0.05, 0) is 60.8 Å². The van der Waals surface area contributed by atoms with Crippen LogP contribution >= 0.6 is 0 Å². The van der Waals surface area contributed by atoms with Crippen molar-refractivity contribution in [2.75, 3.05) is 25.0 Å². The van der Waals surface area contributed by atoms with E-state index in [0.717, 1.165) is 30.4 Å². The minimum absolute atomic E-state index is 0.306. The second-order valence-electron chi connectivity index (χ2n) is 6.87. The molecule has 136 valence electrons. The highest BCUT2D eigenvalue weighted by Gasteiger charge is 2.23. The highest BCUT2D eigenvalue weighted by atomic mass is 19.1. The molecule has 1 aliphatic rings. The van der Waals surface area contributed by atoms with Crippen LogP contribution in [-0.2, 0) is 0 Å². The molecule has 1 saturated heterocycles. The van der Waals surface area contributed by atoms with Crippen LogP contribution in [0.5, 0.6) is 0 Å². The highest BCUT2D eigenvalue weighted by molar-refractivity contribution is 6.06. The van der Waals surface area contributed by atoms with Crippen LogP contribution in [-0.4, -0.2) is 35.4 Å². The molecular weight excluding hydrogens is 343 g/mol. The maximum Gasteiger partial charge on any atom is 0.272 e. The number of hydrogen-bond donors (Lipinski definition) is 2. The third-order valence-electron chi connectivity index (χ3n) is 5.01. The molecule has 2 heterocycles. The minimum Gasteiger partial charge on any atom is -0.351 e. The normalized spacial score (nSPS) is 17.1. The third-order valence-corrected chi connectivity index (χ3v) is 5.01. The van der Waals surface area contributed by atoms with E-state index in [1.165, 1.54) is 17.7 Å². The largest absolute Gasteiger partial charge is 0.351 e. The van der Waals surface area contributed by atoms with Crippen LogP contribution in [0.1, 0.15) is 28.4 Å².